The molecule has 1 rings (SSSR count). The Morgan fingerprint density at radius 2 is 1.68 bits per heavy atom. The average molecular weight is 278 g/mol. The highest BCUT2D eigenvalue weighted by atomic mass is 16.4. The Morgan fingerprint density at radius 3 is 1.95 bits per heavy atom. The molecular formula is C10H18N2O7. The number of carbonyl (C=O) groups excluding carboxylic acids is 1. The molecule has 1 aliphatic rings. The third kappa shape index (κ3) is 5.64. The highest BCUT2D eigenvalue weighted by Gasteiger charge is 2.29. The van der Waals surface area contributed by atoms with Crippen molar-refractivity contribution in [1.82, 2.24) is 4.90 Å². The summed E-state index contributed by atoms with van der Waals surface area (Å²) in [6.07, 6.45) is -2.64. The van der Waals surface area contributed by atoms with Crippen molar-refractivity contribution in [1.29, 1.82) is 0 Å². The largest absolute Gasteiger partial charge is 0.479 e. The van der Waals surface area contributed by atoms with Crippen LogP contribution in [0.15, 0.2) is 0 Å². The van der Waals surface area contributed by atoms with Crippen molar-refractivity contribution in [3.05, 3.63) is 0 Å². The number of carbonyl (C=O) groups is 3. The van der Waals surface area contributed by atoms with E-state index in [1.165, 1.54) is 0 Å². The zero-order valence-electron chi connectivity index (χ0n) is 10.4. The SMILES string of the molecule is CN1CCC[C@@H](N)C1=O.O=C(O)[C@@H](O)[C@H](O)C(=O)O. The monoisotopic (exact) mass is 278 g/mol. The number of carboxylic acids is 2. The summed E-state index contributed by atoms with van der Waals surface area (Å²) < 4.78 is 0. The van der Waals surface area contributed by atoms with Gasteiger partial charge in [-0.05, 0) is 12.8 Å². The molecule has 0 radical (unpaired) electrons. The third-order valence-corrected chi connectivity index (χ3v) is 2.51. The van der Waals surface area contributed by atoms with Gasteiger partial charge in [0, 0.05) is 13.6 Å². The summed E-state index contributed by atoms with van der Waals surface area (Å²) in [5, 5.41) is 32.5. The van der Waals surface area contributed by atoms with E-state index in [4.69, 9.17) is 26.2 Å². The van der Waals surface area contributed by atoms with Gasteiger partial charge in [0.2, 0.25) is 5.91 Å². The van der Waals surface area contributed by atoms with E-state index in [0.29, 0.717) is 0 Å². The van der Waals surface area contributed by atoms with Crippen LogP contribution < -0.4 is 5.73 Å². The van der Waals surface area contributed by atoms with Gasteiger partial charge in [-0.15, -0.1) is 0 Å². The van der Waals surface area contributed by atoms with Gasteiger partial charge < -0.3 is 31.1 Å². The Hall–Kier alpha value is -1.71. The predicted molar refractivity (Wildman–Crippen MR) is 62.1 cm³/mol. The number of likely N-dealkylation sites (tertiary alicyclic amines) is 1. The van der Waals surface area contributed by atoms with Gasteiger partial charge in [0.05, 0.1) is 6.04 Å². The first kappa shape index (κ1) is 17.3. The van der Waals surface area contributed by atoms with Gasteiger partial charge in [-0.3, -0.25) is 4.79 Å². The van der Waals surface area contributed by atoms with E-state index in [1.54, 1.807) is 11.9 Å². The molecule has 19 heavy (non-hydrogen) atoms. The second-order valence-electron chi connectivity index (χ2n) is 4.07. The molecule has 0 aromatic heterocycles. The molecule has 1 aliphatic heterocycles. The molecule has 6 N–H and O–H groups in total. The number of aliphatic carboxylic acids is 2. The van der Waals surface area contributed by atoms with E-state index < -0.39 is 24.1 Å². The lowest BCUT2D eigenvalue weighted by Crippen LogP contribution is -2.46. The fraction of sp³-hybridized carbons (Fsp3) is 0.700. The van der Waals surface area contributed by atoms with Gasteiger partial charge in [0.25, 0.3) is 0 Å². The number of nitrogens with two attached hydrogens (primary N) is 1. The van der Waals surface area contributed by atoms with Crippen LogP contribution in [0.25, 0.3) is 0 Å². The summed E-state index contributed by atoms with van der Waals surface area (Å²) in [5.41, 5.74) is 5.48. The number of nitrogens with zero attached hydrogens (tertiary/aromatic N) is 1. The number of aliphatic hydroxyl groups is 2. The lowest BCUT2D eigenvalue weighted by molar-refractivity contribution is -0.165. The van der Waals surface area contributed by atoms with Crippen LogP contribution in [0, 0.1) is 0 Å². The normalized spacial score (nSPS) is 22.0. The van der Waals surface area contributed by atoms with Crippen molar-refractivity contribution in [3.63, 3.8) is 0 Å². The van der Waals surface area contributed by atoms with Crippen molar-refractivity contribution in [2.24, 2.45) is 5.73 Å². The lowest BCUT2D eigenvalue weighted by Gasteiger charge is -2.26. The van der Waals surface area contributed by atoms with E-state index in [9.17, 15) is 14.4 Å². The van der Waals surface area contributed by atoms with Gasteiger partial charge in [0.1, 0.15) is 0 Å². The van der Waals surface area contributed by atoms with Crippen molar-refractivity contribution in [2.45, 2.75) is 31.1 Å². The zero-order valence-corrected chi connectivity index (χ0v) is 10.4. The molecule has 0 saturated carbocycles. The van der Waals surface area contributed by atoms with E-state index in [1.807, 2.05) is 0 Å². The Bertz CT molecular complexity index is 317. The number of amides is 1. The average Bonchev–Trinajstić information content (AvgIpc) is 2.34. The summed E-state index contributed by atoms with van der Waals surface area (Å²) in [5.74, 6) is -3.45. The van der Waals surface area contributed by atoms with Crippen LogP contribution in [0.2, 0.25) is 0 Å². The van der Waals surface area contributed by atoms with E-state index >= 15 is 0 Å². The molecule has 0 spiro atoms. The predicted octanol–water partition coefficient (Wildman–Crippen LogP) is -2.56. The summed E-state index contributed by atoms with van der Waals surface area (Å²) in [7, 11) is 1.79. The highest BCUT2D eigenvalue weighted by molar-refractivity contribution is 5.83. The fourth-order valence-electron chi connectivity index (χ4n) is 1.34. The second-order valence-corrected chi connectivity index (χ2v) is 4.07. The van der Waals surface area contributed by atoms with E-state index in [0.717, 1.165) is 19.4 Å². The molecule has 1 saturated heterocycles. The quantitative estimate of drug-likeness (QED) is 0.376. The summed E-state index contributed by atoms with van der Waals surface area (Å²) >= 11 is 0. The molecule has 9 nitrogen and oxygen atoms in total. The molecule has 0 unspecified atom stereocenters. The molecule has 1 fully saturated rings. The number of hydrogen-bond acceptors (Lipinski definition) is 6. The topological polar surface area (TPSA) is 161 Å². The minimum absolute atomic E-state index is 0.0845. The number of rotatable bonds is 3. The van der Waals surface area contributed by atoms with Crippen LogP contribution in [0.4, 0.5) is 0 Å². The maximum Gasteiger partial charge on any atom is 0.335 e. The molecular weight excluding hydrogens is 260 g/mol. The van der Waals surface area contributed by atoms with E-state index in [-0.39, 0.29) is 11.9 Å². The second kappa shape index (κ2) is 7.67. The minimum Gasteiger partial charge on any atom is -0.479 e. The molecule has 1 amide bonds. The van der Waals surface area contributed by atoms with Crippen molar-refractivity contribution in [3.8, 4) is 0 Å². The molecule has 3 atom stereocenters. The van der Waals surface area contributed by atoms with Crippen LogP contribution in [-0.4, -0.2) is 75.0 Å². The van der Waals surface area contributed by atoms with Crippen molar-refractivity contribution >= 4 is 17.8 Å². The smallest absolute Gasteiger partial charge is 0.335 e. The fourth-order valence-corrected chi connectivity index (χ4v) is 1.34. The van der Waals surface area contributed by atoms with Gasteiger partial charge in [-0.25, -0.2) is 9.59 Å². The van der Waals surface area contributed by atoms with Crippen LogP contribution in [-0.2, 0) is 14.4 Å². The number of hydrogen-bond donors (Lipinski definition) is 5. The number of carboxylic acid groups (broad SMARTS) is 2. The van der Waals surface area contributed by atoms with E-state index in [2.05, 4.69) is 0 Å². The first-order chi connectivity index (χ1) is 8.68. The van der Waals surface area contributed by atoms with Gasteiger partial charge in [0.15, 0.2) is 12.2 Å². The summed E-state index contributed by atoms with van der Waals surface area (Å²) in [6.45, 7) is 0.868. The van der Waals surface area contributed by atoms with Gasteiger partial charge in [-0.2, -0.15) is 0 Å². The van der Waals surface area contributed by atoms with Crippen molar-refractivity contribution in [2.75, 3.05) is 13.6 Å². The Kier molecular flexibility index (Phi) is 6.98. The minimum atomic E-state index is -2.27. The molecule has 0 aromatic rings. The first-order valence-corrected chi connectivity index (χ1v) is 5.50. The highest BCUT2D eigenvalue weighted by Crippen LogP contribution is 2.06. The maximum atomic E-state index is 10.9. The Balaban J connectivity index is 0.000000342. The number of aliphatic hydroxyl groups excluding tert-OH is 2. The summed E-state index contributed by atoms with van der Waals surface area (Å²) in [6, 6.07) is -0.233. The molecule has 1 heterocycles. The molecule has 0 bridgehead atoms. The maximum absolute atomic E-state index is 10.9. The number of likely N-dealkylation sites (N-methyl/N-ethyl adjacent to an activating group) is 1. The van der Waals surface area contributed by atoms with Gasteiger partial charge >= 0.3 is 11.9 Å². The Morgan fingerprint density at radius 1 is 1.26 bits per heavy atom. The van der Waals surface area contributed by atoms with Crippen LogP contribution >= 0.6 is 0 Å². The molecule has 9 heteroatoms. The van der Waals surface area contributed by atoms with Crippen LogP contribution in [0.3, 0.4) is 0 Å². The summed E-state index contributed by atoms with van der Waals surface area (Å²) in [4.78, 5) is 32.2. The Labute approximate surface area is 109 Å². The standard InChI is InChI=1S/C6H12N2O.C4H6O6/c1-8-4-2-3-5(7)6(8)9;5-1(3(7)8)2(6)4(9)10/h5H,2-4,7H2,1H3;1-2,5-6H,(H,7,8)(H,9,10)/t5-;1-,2-/m10/s1. The zero-order chi connectivity index (χ0) is 15.2. The van der Waals surface area contributed by atoms with Crippen molar-refractivity contribution < 1.29 is 34.8 Å². The first-order valence-electron chi connectivity index (χ1n) is 5.50. The van der Waals surface area contributed by atoms with Gasteiger partial charge in [-0.1, -0.05) is 0 Å². The van der Waals surface area contributed by atoms with Crippen LogP contribution in [0.5, 0.6) is 0 Å². The van der Waals surface area contributed by atoms with Crippen LogP contribution in [0.1, 0.15) is 12.8 Å². The molecule has 110 valence electrons. The third-order valence-electron chi connectivity index (χ3n) is 2.51. The lowest BCUT2D eigenvalue weighted by atomic mass is 10.1. The molecule has 0 aromatic carbocycles. The molecule has 0 aliphatic carbocycles. The number of piperidine rings is 1.